The van der Waals surface area contributed by atoms with E-state index >= 15 is 0 Å². The fraction of sp³-hybridized carbons (Fsp3) is 0.889. The second-order valence-corrected chi connectivity index (χ2v) is 5.60. The number of aliphatic carboxylic acids is 1. The molecule has 1 atom stereocenters. The van der Waals surface area contributed by atoms with E-state index in [0.29, 0.717) is 12.5 Å². The highest BCUT2D eigenvalue weighted by molar-refractivity contribution is 7.89. The van der Waals surface area contributed by atoms with Gasteiger partial charge in [-0.05, 0) is 12.3 Å². The number of hydrogen-bond acceptors (Lipinski definition) is 3. The molecule has 0 spiro atoms. The van der Waals surface area contributed by atoms with Crippen molar-refractivity contribution >= 4 is 16.0 Å². The minimum Gasteiger partial charge on any atom is -0.481 e. The number of nitrogens with one attached hydrogen (secondary N) is 1. The van der Waals surface area contributed by atoms with Gasteiger partial charge in [0, 0.05) is 13.0 Å². The third kappa shape index (κ3) is 8.38. The largest absolute Gasteiger partial charge is 0.481 e. The molecule has 0 aliphatic carbocycles. The fourth-order valence-corrected chi connectivity index (χ4v) is 2.11. The Balaban J connectivity index is 3.82. The van der Waals surface area contributed by atoms with Gasteiger partial charge in [0.2, 0.25) is 10.0 Å². The maximum absolute atomic E-state index is 11.3. The molecule has 0 fully saturated rings. The van der Waals surface area contributed by atoms with Crippen molar-refractivity contribution in [2.24, 2.45) is 5.92 Å². The van der Waals surface area contributed by atoms with Crippen molar-refractivity contribution in [3.63, 3.8) is 0 Å². The van der Waals surface area contributed by atoms with E-state index in [9.17, 15) is 13.2 Å². The van der Waals surface area contributed by atoms with E-state index in [1.807, 2.05) is 13.8 Å². The number of hydrogen-bond donors (Lipinski definition) is 2. The van der Waals surface area contributed by atoms with Gasteiger partial charge in [-0.25, -0.2) is 13.1 Å². The molecule has 0 aliphatic rings. The predicted octanol–water partition coefficient (Wildman–Crippen LogP) is 0.817. The van der Waals surface area contributed by atoms with Crippen LogP contribution in [0.15, 0.2) is 0 Å². The Labute approximate surface area is 90.9 Å². The molecule has 1 unspecified atom stereocenters. The average molecular weight is 237 g/mol. The van der Waals surface area contributed by atoms with Gasteiger partial charge in [0.15, 0.2) is 0 Å². The van der Waals surface area contributed by atoms with Crippen molar-refractivity contribution in [3.05, 3.63) is 0 Å². The molecule has 0 aromatic rings. The zero-order valence-electron chi connectivity index (χ0n) is 9.19. The van der Waals surface area contributed by atoms with Crippen molar-refractivity contribution in [1.29, 1.82) is 0 Å². The van der Waals surface area contributed by atoms with Gasteiger partial charge in [-0.3, -0.25) is 4.79 Å². The predicted molar refractivity (Wildman–Crippen MR) is 58.1 cm³/mol. The number of sulfonamides is 1. The third-order valence-corrected chi connectivity index (χ3v) is 3.58. The lowest BCUT2D eigenvalue weighted by atomic mass is 10.1. The van der Waals surface area contributed by atoms with Crippen LogP contribution in [0.4, 0.5) is 0 Å². The Morgan fingerprint density at radius 1 is 1.47 bits per heavy atom. The zero-order valence-corrected chi connectivity index (χ0v) is 10.0. The summed E-state index contributed by atoms with van der Waals surface area (Å²) < 4.78 is 25.1. The first-order valence-corrected chi connectivity index (χ1v) is 6.71. The van der Waals surface area contributed by atoms with E-state index < -0.39 is 16.0 Å². The molecule has 0 heterocycles. The van der Waals surface area contributed by atoms with Crippen LogP contribution in [0, 0.1) is 5.92 Å². The van der Waals surface area contributed by atoms with Gasteiger partial charge in [0.05, 0.1) is 5.75 Å². The SMILES string of the molecule is CCC(C)CNS(=O)(=O)CCCC(=O)O. The Morgan fingerprint density at radius 2 is 2.07 bits per heavy atom. The van der Waals surface area contributed by atoms with Crippen LogP contribution in [-0.2, 0) is 14.8 Å². The third-order valence-electron chi connectivity index (χ3n) is 2.15. The molecule has 90 valence electrons. The zero-order chi connectivity index (χ0) is 11.9. The number of carboxylic acid groups (broad SMARTS) is 1. The summed E-state index contributed by atoms with van der Waals surface area (Å²) in [5.41, 5.74) is 0. The lowest BCUT2D eigenvalue weighted by molar-refractivity contribution is -0.137. The van der Waals surface area contributed by atoms with E-state index in [1.54, 1.807) is 0 Å². The molecular weight excluding hydrogens is 218 g/mol. The van der Waals surface area contributed by atoms with Crippen molar-refractivity contribution in [2.45, 2.75) is 33.1 Å². The fourth-order valence-electron chi connectivity index (χ4n) is 0.899. The number of carboxylic acids is 1. The van der Waals surface area contributed by atoms with Crippen molar-refractivity contribution in [1.82, 2.24) is 4.72 Å². The summed E-state index contributed by atoms with van der Waals surface area (Å²) in [5.74, 6) is -0.776. The highest BCUT2D eigenvalue weighted by Gasteiger charge is 2.11. The van der Waals surface area contributed by atoms with Crippen molar-refractivity contribution < 1.29 is 18.3 Å². The summed E-state index contributed by atoms with van der Waals surface area (Å²) in [6.07, 6.45) is 0.965. The summed E-state index contributed by atoms with van der Waals surface area (Å²) >= 11 is 0. The Bertz CT molecular complexity index is 286. The van der Waals surface area contributed by atoms with Gasteiger partial charge in [-0.15, -0.1) is 0 Å². The molecular formula is C9H19NO4S. The molecule has 0 amide bonds. The minimum absolute atomic E-state index is 0.107. The lowest BCUT2D eigenvalue weighted by Crippen LogP contribution is -2.30. The van der Waals surface area contributed by atoms with E-state index in [1.165, 1.54) is 0 Å². The van der Waals surface area contributed by atoms with Gasteiger partial charge in [0.25, 0.3) is 0 Å². The average Bonchev–Trinajstić information content (AvgIpc) is 2.13. The smallest absolute Gasteiger partial charge is 0.303 e. The summed E-state index contributed by atoms with van der Waals surface area (Å²) in [7, 11) is -3.30. The van der Waals surface area contributed by atoms with Gasteiger partial charge < -0.3 is 5.11 Å². The van der Waals surface area contributed by atoms with Crippen LogP contribution in [0.1, 0.15) is 33.1 Å². The quantitative estimate of drug-likeness (QED) is 0.654. The number of rotatable bonds is 8. The topological polar surface area (TPSA) is 83.5 Å². The first-order chi connectivity index (χ1) is 6.87. The summed E-state index contributed by atoms with van der Waals surface area (Å²) in [5, 5.41) is 8.35. The molecule has 2 N–H and O–H groups in total. The molecule has 0 aromatic heterocycles. The molecule has 15 heavy (non-hydrogen) atoms. The van der Waals surface area contributed by atoms with Crippen LogP contribution in [0.5, 0.6) is 0 Å². The molecule has 0 aromatic carbocycles. The number of carbonyl (C=O) groups is 1. The van der Waals surface area contributed by atoms with Crippen LogP contribution < -0.4 is 4.72 Å². The van der Waals surface area contributed by atoms with Crippen LogP contribution in [-0.4, -0.2) is 31.8 Å². The van der Waals surface area contributed by atoms with Crippen molar-refractivity contribution in [2.75, 3.05) is 12.3 Å². The Hall–Kier alpha value is -0.620. The van der Waals surface area contributed by atoms with Gasteiger partial charge in [-0.2, -0.15) is 0 Å². The van der Waals surface area contributed by atoms with E-state index in [0.717, 1.165) is 6.42 Å². The van der Waals surface area contributed by atoms with Gasteiger partial charge in [-0.1, -0.05) is 20.3 Å². The lowest BCUT2D eigenvalue weighted by Gasteiger charge is -2.10. The summed E-state index contributed by atoms with van der Waals surface area (Å²) in [6.45, 7) is 4.37. The highest BCUT2D eigenvalue weighted by Crippen LogP contribution is 2.00. The maximum atomic E-state index is 11.3. The Morgan fingerprint density at radius 3 is 2.53 bits per heavy atom. The molecule has 0 radical (unpaired) electrons. The maximum Gasteiger partial charge on any atom is 0.303 e. The van der Waals surface area contributed by atoms with Crippen LogP contribution in [0.25, 0.3) is 0 Å². The van der Waals surface area contributed by atoms with Crippen molar-refractivity contribution in [3.8, 4) is 0 Å². The van der Waals surface area contributed by atoms with E-state index in [4.69, 9.17) is 5.11 Å². The normalized spacial score (nSPS) is 13.7. The molecule has 0 bridgehead atoms. The first-order valence-electron chi connectivity index (χ1n) is 5.06. The summed E-state index contributed by atoms with van der Waals surface area (Å²) in [4.78, 5) is 10.2. The molecule has 0 aliphatic heterocycles. The highest BCUT2D eigenvalue weighted by atomic mass is 32.2. The van der Waals surface area contributed by atoms with E-state index in [-0.39, 0.29) is 18.6 Å². The molecule has 0 rings (SSSR count). The minimum atomic E-state index is -3.30. The van der Waals surface area contributed by atoms with Crippen LogP contribution in [0.3, 0.4) is 0 Å². The van der Waals surface area contributed by atoms with Gasteiger partial charge in [0.1, 0.15) is 0 Å². The standard InChI is InChI=1S/C9H19NO4S/c1-3-8(2)7-10-15(13,14)6-4-5-9(11)12/h8,10H,3-7H2,1-2H3,(H,11,12). The van der Waals surface area contributed by atoms with Crippen LogP contribution >= 0.6 is 0 Å². The monoisotopic (exact) mass is 237 g/mol. The second-order valence-electron chi connectivity index (χ2n) is 3.68. The molecule has 5 nitrogen and oxygen atoms in total. The van der Waals surface area contributed by atoms with E-state index in [2.05, 4.69) is 4.72 Å². The second kappa shape index (κ2) is 6.79. The Kier molecular flexibility index (Phi) is 6.51. The molecule has 0 saturated heterocycles. The summed E-state index contributed by atoms with van der Waals surface area (Å²) in [6, 6.07) is 0. The van der Waals surface area contributed by atoms with Crippen LogP contribution in [0.2, 0.25) is 0 Å². The van der Waals surface area contributed by atoms with Gasteiger partial charge >= 0.3 is 5.97 Å². The first kappa shape index (κ1) is 14.4. The molecule has 6 heteroatoms. The molecule has 0 saturated carbocycles.